The second-order valence-electron chi connectivity index (χ2n) is 3.56. The summed E-state index contributed by atoms with van der Waals surface area (Å²) < 4.78 is 4.79. The van der Waals surface area contributed by atoms with Gasteiger partial charge in [0, 0.05) is 12.5 Å². The van der Waals surface area contributed by atoms with Crippen LogP contribution in [0.3, 0.4) is 0 Å². The second kappa shape index (κ2) is 6.80. The number of carbonyl (C=O) groups excluding carboxylic acids is 1. The van der Waals surface area contributed by atoms with Gasteiger partial charge in [0.25, 0.3) is 0 Å². The lowest BCUT2D eigenvalue weighted by Crippen LogP contribution is -2.60. The van der Waals surface area contributed by atoms with Crippen molar-refractivity contribution in [2.45, 2.75) is 19.4 Å². The molecule has 3 nitrogen and oxygen atoms in total. The van der Waals surface area contributed by atoms with Gasteiger partial charge in [-0.1, -0.05) is 30.3 Å². The predicted octanol–water partition coefficient (Wildman–Crippen LogP) is 0.959. The third-order valence-corrected chi connectivity index (χ3v) is 2.13. The first-order valence-electron chi connectivity index (χ1n) is 5.44. The van der Waals surface area contributed by atoms with E-state index in [1.807, 2.05) is 18.2 Å². The summed E-state index contributed by atoms with van der Waals surface area (Å²) in [7, 11) is 0. The summed E-state index contributed by atoms with van der Waals surface area (Å²) in [6.07, 6.45) is 4.06. The monoisotopic (exact) mass is 220 g/mol. The summed E-state index contributed by atoms with van der Waals surface area (Å²) in [6, 6.07) is 10.2. The minimum absolute atomic E-state index is 0.0896. The summed E-state index contributed by atoms with van der Waals surface area (Å²) in [5.41, 5.74) is 5.19. The maximum absolute atomic E-state index is 11.1. The Morgan fingerprint density at radius 2 is 2.12 bits per heavy atom. The number of hydrogen-bond acceptors (Lipinski definition) is 2. The fraction of sp³-hybridized carbons (Fsp3) is 0.308. The van der Waals surface area contributed by atoms with Gasteiger partial charge < -0.3 is 10.5 Å². The molecular formula is C13H18NO2+. The molecule has 0 amide bonds. The van der Waals surface area contributed by atoms with E-state index in [1.54, 1.807) is 13.0 Å². The van der Waals surface area contributed by atoms with Gasteiger partial charge in [0.1, 0.15) is 6.04 Å². The van der Waals surface area contributed by atoms with Crippen LogP contribution >= 0.6 is 0 Å². The average molecular weight is 220 g/mol. The second-order valence-corrected chi connectivity index (χ2v) is 3.56. The van der Waals surface area contributed by atoms with Gasteiger partial charge in [-0.3, -0.25) is 0 Å². The fourth-order valence-corrected chi connectivity index (χ4v) is 1.39. The molecule has 1 rings (SSSR count). The molecule has 3 heteroatoms. The van der Waals surface area contributed by atoms with Crippen LogP contribution in [0.4, 0.5) is 0 Å². The third kappa shape index (κ3) is 4.75. The molecule has 0 saturated heterocycles. The zero-order valence-electron chi connectivity index (χ0n) is 9.56. The van der Waals surface area contributed by atoms with Crippen LogP contribution in [-0.4, -0.2) is 18.6 Å². The van der Waals surface area contributed by atoms with E-state index in [-0.39, 0.29) is 12.0 Å². The van der Waals surface area contributed by atoms with Gasteiger partial charge in [-0.2, -0.15) is 0 Å². The molecular weight excluding hydrogens is 202 g/mol. The zero-order valence-corrected chi connectivity index (χ0v) is 9.56. The number of ether oxygens (including phenoxy) is 1. The van der Waals surface area contributed by atoms with Crippen molar-refractivity contribution in [3.05, 3.63) is 48.0 Å². The van der Waals surface area contributed by atoms with E-state index >= 15 is 0 Å². The Balaban J connectivity index is 2.41. The molecule has 0 fully saturated rings. The normalized spacial score (nSPS) is 12.6. The highest BCUT2D eigenvalue weighted by Gasteiger charge is 2.04. The van der Waals surface area contributed by atoms with Crippen LogP contribution in [0.25, 0.3) is 0 Å². The lowest BCUT2D eigenvalue weighted by Gasteiger charge is -2.03. The van der Waals surface area contributed by atoms with Crippen LogP contribution in [0.2, 0.25) is 0 Å². The highest BCUT2D eigenvalue weighted by molar-refractivity contribution is 5.81. The molecule has 0 aliphatic rings. The minimum atomic E-state index is -0.302. The number of hydrogen-bond donors (Lipinski definition) is 1. The van der Waals surface area contributed by atoms with Gasteiger partial charge in [0.05, 0.1) is 6.61 Å². The van der Waals surface area contributed by atoms with Crippen molar-refractivity contribution in [3.8, 4) is 0 Å². The highest BCUT2D eigenvalue weighted by Crippen LogP contribution is 2.01. The molecule has 0 aliphatic heterocycles. The minimum Gasteiger partial charge on any atom is -0.463 e. The zero-order chi connectivity index (χ0) is 11.8. The molecule has 0 saturated carbocycles. The van der Waals surface area contributed by atoms with E-state index in [9.17, 15) is 4.79 Å². The van der Waals surface area contributed by atoms with Gasteiger partial charge in [-0.05, 0) is 18.6 Å². The van der Waals surface area contributed by atoms with Gasteiger partial charge in [0.2, 0.25) is 0 Å². The Morgan fingerprint density at radius 3 is 2.75 bits per heavy atom. The maximum Gasteiger partial charge on any atom is 0.330 e. The largest absolute Gasteiger partial charge is 0.463 e. The standard InChI is InChI=1S/C13H17NO2/c1-2-16-13(15)9-8-12(14)10-11-6-4-3-5-7-11/h3-9,12H,2,10,14H2,1H3/p+1/b9-8+/t12-/m1/s1. The Labute approximate surface area is 95.9 Å². The van der Waals surface area contributed by atoms with Crippen LogP contribution in [-0.2, 0) is 16.0 Å². The van der Waals surface area contributed by atoms with Gasteiger partial charge >= 0.3 is 5.97 Å². The molecule has 1 aromatic rings. The molecule has 0 heterocycles. The smallest absolute Gasteiger partial charge is 0.330 e. The number of rotatable bonds is 5. The first kappa shape index (κ1) is 12.5. The van der Waals surface area contributed by atoms with Crippen LogP contribution in [0.15, 0.2) is 42.5 Å². The molecule has 1 atom stereocenters. The van der Waals surface area contributed by atoms with Crippen molar-refractivity contribution in [1.29, 1.82) is 0 Å². The molecule has 0 aromatic heterocycles. The molecule has 16 heavy (non-hydrogen) atoms. The van der Waals surface area contributed by atoms with Crippen molar-refractivity contribution < 1.29 is 15.3 Å². The quantitative estimate of drug-likeness (QED) is 0.593. The summed E-state index contributed by atoms with van der Waals surface area (Å²) in [6.45, 7) is 2.20. The number of quaternary nitrogens is 1. The van der Waals surface area contributed by atoms with Crippen LogP contribution < -0.4 is 5.73 Å². The molecule has 0 radical (unpaired) electrons. The molecule has 0 aliphatic carbocycles. The highest BCUT2D eigenvalue weighted by atomic mass is 16.5. The molecule has 0 spiro atoms. The van der Waals surface area contributed by atoms with Crippen molar-refractivity contribution in [2.75, 3.05) is 6.61 Å². The lowest BCUT2D eigenvalue weighted by atomic mass is 10.1. The van der Waals surface area contributed by atoms with E-state index in [4.69, 9.17) is 4.74 Å². The van der Waals surface area contributed by atoms with E-state index < -0.39 is 0 Å². The summed E-state index contributed by atoms with van der Waals surface area (Å²) in [5.74, 6) is -0.302. The topological polar surface area (TPSA) is 53.9 Å². The predicted molar refractivity (Wildman–Crippen MR) is 62.6 cm³/mol. The van der Waals surface area contributed by atoms with Crippen LogP contribution in [0.5, 0.6) is 0 Å². The van der Waals surface area contributed by atoms with Crippen molar-refractivity contribution in [1.82, 2.24) is 0 Å². The van der Waals surface area contributed by atoms with Crippen molar-refractivity contribution >= 4 is 5.97 Å². The number of esters is 1. The first-order valence-corrected chi connectivity index (χ1v) is 5.44. The van der Waals surface area contributed by atoms with E-state index in [0.29, 0.717) is 6.61 Å². The Kier molecular flexibility index (Phi) is 5.29. The molecule has 3 N–H and O–H groups in total. The summed E-state index contributed by atoms with van der Waals surface area (Å²) in [5, 5.41) is 0. The van der Waals surface area contributed by atoms with Gasteiger partial charge in [-0.25, -0.2) is 4.79 Å². The first-order chi connectivity index (χ1) is 7.72. The van der Waals surface area contributed by atoms with Gasteiger partial charge in [-0.15, -0.1) is 0 Å². The summed E-state index contributed by atoms with van der Waals surface area (Å²) in [4.78, 5) is 11.1. The van der Waals surface area contributed by atoms with Gasteiger partial charge in [0.15, 0.2) is 0 Å². The molecule has 0 unspecified atom stereocenters. The van der Waals surface area contributed by atoms with E-state index in [1.165, 1.54) is 11.6 Å². The van der Waals surface area contributed by atoms with Crippen LogP contribution in [0.1, 0.15) is 12.5 Å². The molecule has 1 aromatic carbocycles. The van der Waals surface area contributed by atoms with Crippen molar-refractivity contribution in [2.24, 2.45) is 0 Å². The SMILES string of the molecule is CCOC(=O)/C=C/[C@@H]([NH3+])Cc1ccccc1. The lowest BCUT2D eigenvalue weighted by molar-refractivity contribution is -0.402. The number of carbonyl (C=O) groups is 1. The maximum atomic E-state index is 11.1. The fourth-order valence-electron chi connectivity index (χ4n) is 1.39. The molecule has 86 valence electrons. The molecule has 0 bridgehead atoms. The van der Waals surface area contributed by atoms with Crippen molar-refractivity contribution in [3.63, 3.8) is 0 Å². The number of benzene rings is 1. The van der Waals surface area contributed by atoms with E-state index in [2.05, 4.69) is 17.9 Å². The third-order valence-electron chi connectivity index (χ3n) is 2.13. The summed E-state index contributed by atoms with van der Waals surface area (Å²) >= 11 is 0. The Morgan fingerprint density at radius 1 is 1.44 bits per heavy atom. The van der Waals surface area contributed by atoms with E-state index in [0.717, 1.165) is 6.42 Å². The Hall–Kier alpha value is -1.61. The Bertz CT molecular complexity index is 346. The van der Waals surface area contributed by atoms with Crippen LogP contribution in [0, 0.1) is 0 Å². The average Bonchev–Trinajstić information content (AvgIpc) is 2.28.